The predicted octanol–water partition coefficient (Wildman–Crippen LogP) is -1.19. The maximum Gasteiger partial charge on any atom is 0.326 e. The van der Waals surface area contributed by atoms with Crippen molar-refractivity contribution in [1.29, 1.82) is 0 Å². The van der Waals surface area contributed by atoms with Gasteiger partial charge < -0.3 is 41.8 Å². The van der Waals surface area contributed by atoms with Gasteiger partial charge in [-0.1, -0.05) is 18.2 Å². The summed E-state index contributed by atoms with van der Waals surface area (Å²) in [5.41, 5.74) is 12.3. The van der Waals surface area contributed by atoms with Crippen LogP contribution in [0.15, 0.2) is 42.5 Å². The van der Waals surface area contributed by atoms with Crippen molar-refractivity contribution in [3.05, 3.63) is 53.6 Å². The summed E-state index contributed by atoms with van der Waals surface area (Å²) in [6, 6.07) is 6.95. The molecule has 2 heterocycles. The largest absolute Gasteiger partial charge is 0.493 e. The molecule has 2 aliphatic heterocycles. The Bertz CT molecular complexity index is 1120. The molecule has 2 aromatic carbocycles. The molecule has 4 rings (SSSR count). The minimum Gasteiger partial charge on any atom is -0.493 e. The lowest BCUT2D eigenvalue weighted by Gasteiger charge is -2.25. The van der Waals surface area contributed by atoms with Crippen LogP contribution < -0.4 is 31.6 Å². The number of aliphatic hydroxyl groups is 1. The lowest BCUT2D eigenvalue weighted by atomic mass is 10.0. The average molecular weight is 486 g/mol. The fraction of sp³-hybridized carbons (Fsp3) is 0.304. The van der Waals surface area contributed by atoms with E-state index >= 15 is 0 Å². The molecule has 4 atom stereocenters. The van der Waals surface area contributed by atoms with E-state index in [9.17, 15) is 29.4 Å². The maximum atomic E-state index is 12.8. The second kappa shape index (κ2) is 10.8. The van der Waals surface area contributed by atoms with Crippen LogP contribution in [0, 0.1) is 0 Å². The summed E-state index contributed by atoms with van der Waals surface area (Å²) in [6.45, 7) is 0. The van der Waals surface area contributed by atoms with Crippen LogP contribution >= 0.6 is 0 Å². The summed E-state index contributed by atoms with van der Waals surface area (Å²) < 4.78 is 11.2. The fourth-order valence-electron chi connectivity index (χ4n) is 3.50. The molecule has 8 N–H and O–H groups in total. The third-order valence-electron chi connectivity index (χ3n) is 5.41. The number of carboxylic acids is 1. The van der Waals surface area contributed by atoms with Gasteiger partial charge in [-0.2, -0.15) is 0 Å². The van der Waals surface area contributed by atoms with E-state index in [1.807, 2.05) is 0 Å². The Hall–Kier alpha value is -4.16. The van der Waals surface area contributed by atoms with Crippen molar-refractivity contribution in [3.63, 3.8) is 0 Å². The molecule has 0 aromatic heterocycles. The Labute approximate surface area is 200 Å². The number of primary amides is 1. The standard InChI is InChI=1S/C23H26N4O8/c1-34-16-7-4-12-8-14(24)21(30)27-18(19(28)20(25)29)22(31)26-15(23(32)33)9-11-2-5-13(6-3-11)35-17(16)10-12/h2-7,10,14-15,18-19,28H,8-9,24H2,1H3,(H2,25,29)(H,26,31)(H,27,30)(H,32,33). The third kappa shape index (κ3) is 6.25. The van der Waals surface area contributed by atoms with Crippen LogP contribution in [0.5, 0.6) is 17.2 Å². The minimum atomic E-state index is -2.12. The average Bonchev–Trinajstić information content (AvgIpc) is 2.82. The van der Waals surface area contributed by atoms with E-state index in [0.29, 0.717) is 28.4 Å². The van der Waals surface area contributed by atoms with Gasteiger partial charge in [0, 0.05) is 6.42 Å². The van der Waals surface area contributed by atoms with Crippen molar-refractivity contribution in [1.82, 2.24) is 10.6 Å². The molecule has 0 aliphatic carbocycles. The number of ether oxygens (including phenoxy) is 2. The number of nitrogens with two attached hydrogens (primary N) is 2. The van der Waals surface area contributed by atoms with E-state index in [0.717, 1.165) is 0 Å². The van der Waals surface area contributed by atoms with Gasteiger partial charge in [0.05, 0.1) is 13.2 Å². The molecular formula is C23H26N4O8. The molecule has 12 nitrogen and oxygen atoms in total. The molecule has 4 bridgehead atoms. The fourth-order valence-corrected chi connectivity index (χ4v) is 3.50. The van der Waals surface area contributed by atoms with E-state index in [4.69, 9.17) is 20.9 Å². The van der Waals surface area contributed by atoms with Crippen molar-refractivity contribution in [2.75, 3.05) is 7.11 Å². The van der Waals surface area contributed by atoms with Crippen LogP contribution in [-0.4, -0.2) is 65.2 Å². The summed E-state index contributed by atoms with van der Waals surface area (Å²) in [7, 11) is 1.47. The number of amides is 3. The molecule has 0 saturated carbocycles. The van der Waals surface area contributed by atoms with Crippen LogP contribution in [0.4, 0.5) is 0 Å². The number of hydrogen-bond acceptors (Lipinski definition) is 8. The highest BCUT2D eigenvalue weighted by Gasteiger charge is 2.35. The zero-order valence-electron chi connectivity index (χ0n) is 18.8. The van der Waals surface area contributed by atoms with Gasteiger partial charge in [0.2, 0.25) is 17.7 Å². The van der Waals surface area contributed by atoms with Gasteiger partial charge in [0.25, 0.3) is 0 Å². The zero-order valence-corrected chi connectivity index (χ0v) is 18.8. The van der Waals surface area contributed by atoms with Crippen LogP contribution in [-0.2, 0) is 32.0 Å². The Kier molecular flexibility index (Phi) is 7.89. The van der Waals surface area contributed by atoms with E-state index in [1.165, 1.54) is 7.11 Å². The van der Waals surface area contributed by atoms with E-state index < -0.39 is 47.9 Å². The summed E-state index contributed by atoms with van der Waals surface area (Å²) in [4.78, 5) is 48.9. The molecule has 0 fully saturated rings. The van der Waals surface area contributed by atoms with Gasteiger partial charge in [0.15, 0.2) is 17.6 Å². The number of rotatable bonds is 4. The van der Waals surface area contributed by atoms with E-state index in [-0.39, 0.29) is 12.8 Å². The number of fused-ring (bicyclic) bond motifs is 10. The van der Waals surface area contributed by atoms with Crippen molar-refractivity contribution >= 4 is 23.7 Å². The first kappa shape index (κ1) is 25.5. The van der Waals surface area contributed by atoms with Crippen molar-refractivity contribution in [2.24, 2.45) is 11.5 Å². The Morgan fingerprint density at radius 1 is 1.06 bits per heavy atom. The Morgan fingerprint density at radius 3 is 2.31 bits per heavy atom. The monoisotopic (exact) mass is 486 g/mol. The number of hydrogen-bond donors (Lipinski definition) is 6. The first-order chi connectivity index (χ1) is 16.6. The van der Waals surface area contributed by atoms with Gasteiger partial charge in [-0.25, -0.2) is 4.79 Å². The Morgan fingerprint density at radius 2 is 1.71 bits per heavy atom. The lowest BCUT2D eigenvalue weighted by Crippen LogP contribution is -2.61. The quantitative estimate of drug-likeness (QED) is 0.307. The number of benzene rings is 2. The molecule has 0 spiro atoms. The lowest BCUT2D eigenvalue weighted by molar-refractivity contribution is -0.144. The second-order valence-corrected chi connectivity index (χ2v) is 7.98. The van der Waals surface area contributed by atoms with E-state index in [2.05, 4.69) is 10.6 Å². The Balaban J connectivity index is 2.04. The molecule has 4 unspecified atom stereocenters. The number of aliphatic hydroxyl groups excluding tert-OH is 1. The maximum absolute atomic E-state index is 12.8. The highest BCUT2D eigenvalue weighted by atomic mass is 16.5. The minimum absolute atomic E-state index is 0.00385. The van der Waals surface area contributed by atoms with Crippen molar-refractivity contribution in [2.45, 2.75) is 37.1 Å². The molecule has 2 aliphatic rings. The molecule has 3 amide bonds. The highest BCUT2D eigenvalue weighted by Crippen LogP contribution is 2.33. The number of nitrogens with one attached hydrogen (secondary N) is 2. The number of aliphatic carboxylic acids is 1. The van der Waals surface area contributed by atoms with Gasteiger partial charge in [-0.05, 0) is 41.8 Å². The van der Waals surface area contributed by atoms with Crippen LogP contribution in [0.1, 0.15) is 11.1 Å². The topological polar surface area (TPSA) is 203 Å². The van der Waals surface area contributed by atoms with Gasteiger partial charge in [-0.3, -0.25) is 14.4 Å². The zero-order chi connectivity index (χ0) is 25.7. The molecule has 12 heteroatoms. The molecule has 2 aromatic rings. The number of carbonyl (C=O) groups excluding carboxylic acids is 3. The molecular weight excluding hydrogens is 460 g/mol. The molecule has 0 radical (unpaired) electrons. The summed E-state index contributed by atoms with van der Waals surface area (Å²) in [6.07, 6.45) is -2.25. The SMILES string of the molecule is COc1ccc2cc1Oc1ccc(cc1)CC(C(=O)O)NC(=O)C(C(O)C(N)=O)NC(=O)C(N)C2. The molecule has 0 saturated heterocycles. The van der Waals surface area contributed by atoms with Crippen molar-refractivity contribution < 1.29 is 38.9 Å². The predicted molar refractivity (Wildman–Crippen MR) is 122 cm³/mol. The number of carboxylic acid groups (broad SMARTS) is 1. The molecule has 186 valence electrons. The number of methoxy groups -OCH3 is 1. The first-order valence-corrected chi connectivity index (χ1v) is 10.6. The highest BCUT2D eigenvalue weighted by molar-refractivity contribution is 5.96. The van der Waals surface area contributed by atoms with Crippen LogP contribution in [0.25, 0.3) is 0 Å². The van der Waals surface area contributed by atoms with Crippen LogP contribution in [0.2, 0.25) is 0 Å². The van der Waals surface area contributed by atoms with Crippen molar-refractivity contribution in [3.8, 4) is 17.2 Å². The van der Waals surface area contributed by atoms with E-state index in [1.54, 1.807) is 42.5 Å². The van der Waals surface area contributed by atoms with Gasteiger partial charge in [0.1, 0.15) is 17.8 Å². The van der Waals surface area contributed by atoms with Gasteiger partial charge in [-0.15, -0.1) is 0 Å². The normalized spacial score (nSPS) is 21.6. The number of carbonyl (C=O) groups is 4. The first-order valence-electron chi connectivity index (χ1n) is 10.6. The second-order valence-electron chi connectivity index (χ2n) is 7.98. The third-order valence-corrected chi connectivity index (χ3v) is 5.41. The van der Waals surface area contributed by atoms with Crippen LogP contribution in [0.3, 0.4) is 0 Å². The van der Waals surface area contributed by atoms with Gasteiger partial charge >= 0.3 is 5.97 Å². The summed E-state index contributed by atoms with van der Waals surface area (Å²) in [5.74, 6) is -3.41. The summed E-state index contributed by atoms with van der Waals surface area (Å²) >= 11 is 0. The summed E-state index contributed by atoms with van der Waals surface area (Å²) in [5, 5.41) is 24.2. The smallest absolute Gasteiger partial charge is 0.326 e. The molecule has 35 heavy (non-hydrogen) atoms.